The highest BCUT2D eigenvalue weighted by molar-refractivity contribution is 14.1. The molecule has 0 aromatic carbocycles. The fourth-order valence-corrected chi connectivity index (χ4v) is 3.82. The molecule has 0 N–H and O–H groups in total. The smallest absolute Gasteiger partial charge is 0.200 e. The van der Waals surface area contributed by atoms with Crippen LogP contribution in [0.1, 0.15) is 64.7 Å². The maximum Gasteiger partial charge on any atom is 0.460 e. The van der Waals surface area contributed by atoms with Gasteiger partial charge in [0.2, 0.25) is 0 Å². The van der Waals surface area contributed by atoms with Crippen LogP contribution in [-0.2, 0) is 0 Å². The number of hydrogen-bond donors (Lipinski definition) is 0. The summed E-state index contributed by atoms with van der Waals surface area (Å²) in [6.45, 7) is 1.94. The van der Waals surface area contributed by atoms with E-state index in [0.29, 0.717) is 12.8 Å². The van der Waals surface area contributed by atoms with Crippen LogP contribution in [0.25, 0.3) is 0 Å². The van der Waals surface area contributed by atoms with E-state index in [1.165, 1.54) is 0 Å². The average Bonchev–Trinajstić information content (AvgIpc) is 2.65. The summed E-state index contributed by atoms with van der Waals surface area (Å²) < 4.78 is 196. The van der Waals surface area contributed by atoms with Gasteiger partial charge >= 0.3 is 41.7 Å². The zero-order valence-electron chi connectivity index (χ0n) is 17.5. The largest absolute Gasteiger partial charge is 0.460 e. The summed E-state index contributed by atoms with van der Waals surface area (Å²) in [5.74, 6) is -45.9. The van der Waals surface area contributed by atoms with Crippen LogP contribution in [0.15, 0.2) is 0 Å². The Morgan fingerprint density at radius 2 is 0.853 bits per heavy atom. The Kier molecular flexibility index (Phi) is 11.3. The van der Waals surface area contributed by atoms with Gasteiger partial charge in [-0.25, -0.2) is 0 Å². The number of unbranched alkanes of at least 4 members (excludes halogenated alkanes) is 6. The molecule has 0 bridgehead atoms. The van der Waals surface area contributed by atoms with Crippen LogP contribution in [-0.4, -0.2) is 45.6 Å². The lowest BCUT2D eigenvalue weighted by atomic mass is 9.89. The minimum absolute atomic E-state index is 0.143. The predicted octanol–water partition coefficient (Wildman–Crippen LogP) is 9.69. The van der Waals surface area contributed by atoms with E-state index in [0.717, 1.165) is 48.3 Å². The van der Waals surface area contributed by atoms with E-state index < -0.39 is 52.1 Å². The summed E-state index contributed by atoms with van der Waals surface area (Å²) in [6.07, 6.45) is -5.41. The van der Waals surface area contributed by atoms with Crippen molar-refractivity contribution in [2.75, 3.05) is 0 Å². The molecule has 206 valence electrons. The van der Waals surface area contributed by atoms with E-state index in [4.69, 9.17) is 0 Å². The first-order valence-electron chi connectivity index (χ1n) is 9.93. The predicted molar refractivity (Wildman–Crippen MR) is 101 cm³/mol. The summed E-state index contributed by atoms with van der Waals surface area (Å²) in [4.78, 5) is 0. The number of hydrogen-bond acceptors (Lipinski definition) is 0. The van der Waals surface area contributed by atoms with Crippen LogP contribution >= 0.6 is 22.6 Å². The monoisotopic (exact) mass is 650 g/mol. The molecule has 0 saturated heterocycles. The Morgan fingerprint density at radius 1 is 0.500 bits per heavy atom. The number of halogens is 16. The van der Waals surface area contributed by atoms with E-state index in [1.54, 1.807) is 0 Å². The fourth-order valence-electron chi connectivity index (χ4n) is 2.83. The molecular weight excluding hydrogens is 628 g/mol. The second kappa shape index (κ2) is 11.4. The van der Waals surface area contributed by atoms with Gasteiger partial charge in [-0.1, -0.05) is 74.5 Å². The molecule has 0 aliphatic heterocycles. The van der Waals surface area contributed by atoms with Gasteiger partial charge in [0.1, 0.15) is 0 Å². The fraction of sp³-hybridized carbons (Fsp3) is 1.00. The molecule has 34 heavy (non-hydrogen) atoms. The van der Waals surface area contributed by atoms with Gasteiger partial charge in [-0.3, -0.25) is 0 Å². The summed E-state index contributed by atoms with van der Waals surface area (Å²) in [6, 6.07) is 0. The van der Waals surface area contributed by atoms with Crippen molar-refractivity contribution in [2.24, 2.45) is 0 Å². The van der Waals surface area contributed by atoms with Gasteiger partial charge in [0, 0.05) is 10.3 Å². The molecule has 0 amide bonds. The molecule has 0 saturated carbocycles. The maximum atomic E-state index is 13.9. The third kappa shape index (κ3) is 6.51. The molecule has 0 aromatic heterocycles. The molecule has 0 spiro atoms. The third-order valence-electron chi connectivity index (χ3n) is 4.99. The first-order chi connectivity index (χ1) is 15.0. The van der Waals surface area contributed by atoms with Crippen molar-refractivity contribution in [1.29, 1.82) is 0 Å². The lowest BCUT2D eigenvalue weighted by molar-refractivity contribution is -0.452. The zero-order valence-corrected chi connectivity index (χ0v) is 19.6. The molecular formula is C18H22F15I. The molecule has 0 heterocycles. The van der Waals surface area contributed by atoms with Crippen molar-refractivity contribution in [3.63, 3.8) is 0 Å². The highest BCUT2D eigenvalue weighted by atomic mass is 127. The van der Waals surface area contributed by atoms with Gasteiger partial charge < -0.3 is 0 Å². The van der Waals surface area contributed by atoms with Crippen molar-refractivity contribution in [3.05, 3.63) is 0 Å². The zero-order chi connectivity index (χ0) is 27.4. The summed E-state index contributed by atoms with van der Waals surface area (Å²) in [5, 5.41) is 0. The average molecular weight is 650 g/mol. The molecule has 0 fully saturated rings. The Labute approximate surface area is 199 Å². The Bertz CT molecular complexity index is 627. The van der Waals surface area contributed by atoms with Crippen molar-refractivity contribution in [1.82, 2.24) is 0 Å². The highest BCUT2D eigenvalue weighted by Crippen LogP contribution is 2.62. The molecule has 0 rings (SSSR count). The summed E-state index contributed by atoms with van der Waals surface area (Å²) in [7, 11) is 0. The van der Waals surface area contributed by atoms with Crippen molar-refractivity contribution in [2.45, 2.75) is 110 Å². The first kappa shape index (κ1) is 33.7. The minimum Gasteiger partial charge on any atom is -0.200 e. The van der Waals surface area contributed by atoms with E-state index >= 15 is 0 Å². The summed E-state index contributed by atoms with van der Waals surface area (Å²) >= 11 is 1.11. The van der Waals surface area contributed by atoms with Gasteiger partial charge in [0.25, 0.3) is 0 Å². The SMILES string of the molecule is CCCCCCCCCC(I)CC(F)(F)C(F)(F)C(F)(F)C(F)(F)C(F)(F)C(F)(F)C(F)(F)F. The van der Waals surface area contributed by atoms with Crippen molar-refractivity contribution >= 4 is 22.6 Å². The molecule has 1 unspecified atom stereocenters. The topological polar surface area (TPSA) is 0 Å². The van der Waals surface area contributed by atoms with Gasteiger partial charge in [-0.05, 0) is 6.42 Å². The van der Waals surface area contributed by atoms with Crippen LogP contribution < -0.4 is 0 Å². The Hall–Kier alpha value is -0.320. The number of rotatable bonds is 15. The molecule has 0 aliphatic rings. The lowest BCUT2D eigenvalue weighted by Crippen LogP contribution is -2.72. The van der Waals surface area contributed by atoms with E-state index in [-0.39, 0.29) is 12.8 Å². The second-order valence-electron chi connectivity index (χ2n) is 7.79. The number of alkyl halides is 16. The molecule has 16 heteroatoms. The maximum absolute atomic E-state index is 13.9. The van der Waals surface area contributed by atoms with Crippen molar-refractivity contribution < 1.29 is 65.9 Å². The van der Waals surface area contributed by atoms with Crippen LogP contribution in [0.2, 0.25) is 0 Å². The lowest BCUT2D eigenvalue weighted by Gasteiger charge is -2.41. The molecule has 0 aromatic rings. The van der Waals surface area contributed by atoms with Gasteiger partial charge in [0.05, 0.1) is 0 Å². The molecule has 1 atom stereocenters. The third-order valence-corrected chi connectivity index (χ3v) is 6.05. The van der Waals surface area contributed by atoms with E-state index in [9.17, 15) is 65.9 Å². The van der Waals surface area contributed by atoms with Crippen LogP contribution in [0, 0.1) is 0 Å². The molecule has 0 aliphatic carbocycles. The Morgan fingerprint density at radius 3 is 1.26 bits per heavy atom. The standard InChI is InChI=1S/C18H22F15I/c1-2-3-4-5-6-7-8-9-11(34)10-12(19,20)13(21,22)14(23,24)15(25,26)16(27,28)17(29,30)18(31,32)33/h11H,2-10H2,1H3. The minimum atomic E-state index is -8.22. The van der Waals surface area contributed by atoms with Gasteiger partial charge in [-0.15, -0.1) is 0 Å². The van der Waals surface area contributed by atoms with Crippen LogP contribution in [0.3, 0.4) is 0 Å². The van der Waals surface area contributed by atoms with Crippen molar-refractivity contribution in [3.8, 4) is 0 Å². The highest BCUT2D eigenvalue weighted by Gasteiger charge is 2.93. The van der Waals surface area contributed by atoms with E-state index in [1.807, 2.05) is 6.92 Å². The second-order valence-corrected chi connectivity index (χ2v) is 9.55. The molecule has 0 radical (unpaired) electrons. The molecule has 0 nitrogen and oxygen atoms in total. The van der Waals surface area contributed by atoms with Crippen LogP contribution in [0.5, 0.6) is 0 Å². The Balaban J connectivity index is 5.59. The summed E-state index contributed by atoms with van der Waals surface area (Å²) in [5.41, 5.74) is 0. The quantitative estimate of drug-likeness (QED) is 0.0717. The van der Waals surface area contributed by atoms with Gasteiger partial charge in [0.15, 0.2) is 0 Å². The first-order valence-corrected chi connectivity index (χ1v) is 11.2. The normalized spacial score (nSPS) is 16.1. The van der Waals surface area contributed by atoms with E-state index in [2.05, 4.69) is 0 Å². The van der Waals surface area contributed by atoms with Gasteiger partial charge in [-0.2, -0.15) is 65.9 Å². The van der Waals surface area contributed by atoms with Crippen LogP contribution in [0.4, 0.5) is 65.9 Å².